The highest BCUT2D eigenvalue weighted by Crippen LogP contribution is 2.32. The topological polar surface area (TPSA) is 96.4 Å². The molecular formula is C24H21Cl2N7O. The highest BCUT2D eigenvalue weighted by Gasteiger charge is 2.11. The predicted octanol–water partition coefficient (Wildman–Crippen LogP) is 5.99. The molecule has 0 saturated heterocycles. The predicted molar refractivity (Wildman–Crippen MR) is 138 cm³/mol. The van der Waals surface area contributed by atoms with E-state index in [1.54, 1.807) is 25.4 Å². The Balaban J connectivity index is 1.52. The molecule has 172 valence electrons. The Labute approximate surface area is 207 Å². The second-order valence-corrected chi connectivity index (χ2v) is 7.84. The Morgan fingerprint density at radius 3 is 2.29 bits per heavy atom. The molecule has 0 spiro atoms. The summed E-state index contributed by atoms with van der Waals surface area (Å²) >= 11 is 12.6. The summed E-state index contributed by atoms with van der Waals surface area (Å²) in [7, 11) is 1.72. The molecule has 0 fully saturated rings. The molecule has 3 N–H and O–H groups in total. The fourth-order valence-electron chi connectivity index (χ4n) is 2.96. The largest absolute Gasteiger partial charge is 0.487 e. The highest BCUT2D eigenvalue weighted by molar-refractivity contribution is 6.36. The Morgan fingerprint density at radius 2 is 1.56 bits per heavy atom. The van der Waals surface area contributed by atoms with Crippen LogP contribution in [0.4, 0.5) is 23.5 Å². The van der Waals surface area contributed by atoms with Crippen LogP contribution in [0.15, 0.2) is 77.9 Å². The number of benzene rings is 3. The molecule has 0 aliphatic heterocycles. The molecule has 0 aliphatic rings. The lowest BCUT2D eigenvalue weighted by atomic mass is 10.2. The van der Waals surface area contributed by atoms with Crippen molar-refractivity contribution in [1.29, 1.82) is 0 Å². The number of hydrazone groups is 1. The average Bonchev–Trinajstić information content (AvgIpc) is 2.84. The van der Waals surface area contributed by atoms with Crippen LogP contribution in [-0.2, 0) is 6.61 Å². The van der Waals surface area contributed by atoms with Crippen LogP contribution in [-0.4, -0.2) is 28.2 Å². The minimum Gasteiger partial charge on any atom is -0.487 e. The summed E-state index contributed by atoms with van der Waals surface area (Å²) in [6.45, 7) is 0.351. The van der Waals surface area contributed by atoms with Gasteiger partial charge in [-0.2, -0.15) is 20.1 Å². The molecule has 4 rings (SSSR count). The quantitative estimate of drug-likeness (QED) is 0.194. The van der Waals surface area contributed by atoms with Crippen molar-refractivity contribution in [3.63, 3.8) is 0 Å². The first-order chi connectivity index (χ1) is 16.6. The zero-order valence-electron chi connectivity index (χ0n) is 18.2. The lowest BCUT2D eigenvalue weighted by Crippen LogP contribution is -2.07. The second-order valence-electron chi connectivity index (χ2n) is 7.00. The lowest BCUT2D eigenvalue weighted by Gasteiger charge is -2.12. The number of halogens is 2. The number of hydrogen-bond donors (Lipinski definition) is 3. The maximum absolute atomic E-state index is 6.39. The van der Waals surface area contributed by atoms with Gasteiger partial charge in [-0.05, 0) is 29.8 Å². The molecule has 0 unspecified atom stereocenters. The number of ether oxygens (including phenoxy) is 1. The Kier molecular flexibility index (Phi) is 7.75. The average molecular weight is 494 g/mol. The third-order valence-corrected chi connectivity index (χ3v) is 5.02. The highest BCUT2D eigenvalue weighted by atomic mass is 35.5. The van der Waals surface area contributed by atoms with Gasteiger partial charge in [-0.1, -0.05) is 71.7 Å². The molecule has 1 heterocycles. The smallest absolute Gasteiger partial charge is 0.250 e. The molecule has 0 amide bonds. The number of hydrogen-bond acceptors (Lipinski definition) is 8. The van der Waals surface area contributed by atoms with Gasteiger partial charge >= 0.3 is 0 Å². The van der Waals surface area contributed by atoms with Crippen LogP contribution < -0.4 is 20.8 Å². The molecule has 0 atom stereocenters. The van der Waals surface area contributed by atoms with Crippen molar-refractivity contribution < 1.29 is 4.74 Å². The van der Waals surface area contributed by atoms with Crippen LogP contribution in [0.1, 0.15) is 11.1 Å². The van der Waals surface area contributed by atoms with E-state index in [9.17, 15) is 0 Å². The van der Waals surface area contributed by atoms with E-state index in [0.717, 1.165) is 11.3 Å². The Morgan fingerprint density at radius 1 is 0.882 bits per heavy atom. The summed E-state index contributed by atoms with van der Waals surface area (Å²) in [6, 6.07) is 22.7. The van der Waals surface area contributed by atoms with E-state index in [2.05, 4.69) is 36.1 Å². The fraction of sp³-hybridized carbons (Fsp3) is 0.0833. The number of nitrogens with zero attached hydrogens (tertiary/aromatic N) is 4. The van der Waals surface area contributed by atoms with Crippen molar-refractivity contribution in [1.82, 2.24) is 15.0 Å². The molecule has 10 heteroatoms. The van der Waals surface area contributed by atoms with Crippen molar-refractivity contribution in [3.8, 4) is 5.75 Å². The number of rotatable bonds is 9. The molecule has 3 aromatic carbocycles. The Hall–Kier alpha value is -3.88. The maximum Gasteiger partial charge on any atom is 0.250 e. The molecule has 4 aromatic rings. The van der Waals surface area contributed by atoms with E-state index in [1.165, 1.54) is 0 Å². The summed E-state index contributed by atoms with van der Waals surface area (Å²) in [4.78, 5) is 12.9. The summed E-state index contributed by atoms with van der Waals surface area (Å²) < 4.78 is 5.96. The minimum atomic E-state index is 0.244. The van der Waals surface area contributed by atoms with Crippen LogP contribution >= 0.6 is 23.2 Å². The summed E-state index contributed by atoms with van der Waals surface area (Å²) in [5.74, 6) is 1.46. The van der Waals surface area contributed by atoms with Gasteiger partial charge in [-0.15, -0.1) is 0 Å². The molecule has 34 heavy (non-hydrogen) atoms. The monoisotopic (exact) mass is 493 g/mol. The maximum atomic E-state index is 6.39. The van der Waals surface area contributed by atoms with E-state index in [4.69, 9.17) is 27.9 Å². The van der Waals surface area contributed by atoms with E-state index in [-0.39, 0.29) is 5.95 Å². The van der Waals surface area contributed by atoms with Gasteiger partial charge in [0.15, 0.2) is 0 Å². The molecular weight excluding hydrogens is 473 g/mol. The second kappa shape index (κ2) is 11.3. The zero-order valence-corrected chi connectivity index (χ0v) is 19.7. The number of para-hydroxylation sites is 1. The molecule has 0 bridgehead atoms. The van der Waals surface area contributed by atoms with Gasteiger partial charge in [0, 0.05) is 23.3 Å². The minimum absolute atomic E-state index is 0.244. The van der Waals surface area contributed by atoms with Crippen LogP contribution in [0, 0.1) is 0 Å². The van der Waals surface area contributed by atoms with Crippen LogP contribution in [0.5, 0.6) is 5.75 Å². The van der Waals surface area contributed by atoms with Gasteiger partial charge in [0.1, 0.15) is 12.4 Å². The molecule has 8 nitrogen and oxygen atoms in total. The van der Waals surface area contributed by atoms with Crippen molar-refractivity contribution >= 4 is 52.9 Å². The first kappa shape index (κ1) is 23.3. The summed E-state index contributed by atoms with van der Waals surface area (Å²) in [5, 5.41) is 11.1. The first-order valence-electron chi connectivity index (χ1n) is 10.3. The van der Waals surface area contributed by atoms with Gasteiger partial charge in [-0.25, -0.2) is 5.43 Å². The van der Waals surface area contributed by atoms with E-state index < -0.39 is 0 Å². The summed E-state index contributed by atoms with van der Waals surface area (Å²) in [5.41, 5.74) is 5.28. The molecule has 1 aromatic heterocycles. The number of aromatic nitrogens is 3. The molecule has 0 radical (unpaired) electrons. The molecule has 0 aliphatic carbocycles. The van der Waals surface area contributed by atoms with E-state index >= 15 is 0 Å². The zero-order chi connectivity index (χ0) is 23.8. The van der Waals surface area contributed by atoms with Crippen molar-refractivity contribution in [2.75, 3.05) is 23.1 Å². The number of anilines is 4. The van der Waals surface area contributed by atoms with Gasteiger partial charge in [0.05, 0.1) is 11.2 Å². The van der Waals surface area contributed by atoms with Gasteiger partial charge < -0.3 is 15.4 Å². The third-order valence-electron chi connectivity index (χ3n) is 4.52. The van der Waals surface area contributed by atoms with Crippen molar-refractivity contribution in [3.05, 3.63) is 94.0 Å². The van der Waals surface area contributed by atoms with Gasteiger partial charge in [-0.3, -0.25) is 0 Å². The van der Waals surface area contributed by atoms with Crippen molar-refractivity contribution in [2.24, 2.45) is 5.10 Å². The first-order valence-corrected chi connectivity index (χ1v) is 11.1. The molecule has 0 saturated carbocycles. The van der Waals surface area contributed by atoms with Crippen LogP contribution in [0.2, 0.25) is 10.0 Å². The third kappa shape index (κ3) is 6.34. The SMILES string of the molecule is CNc1nc(N/N=C\c2cc(Cl)cc(Cl)c2OCc2ccccc2)nc(Nc2ccccc2)n1. The van der Waals surface area contributed by atoms with Gasteiger partial charge in [0.25, 0.3) is 0 Å². The lowest BCUT2D eigenvalue weighted by molar-refractivity contribution is 0.306. The fourth-order valence-corrected chi connectivity index (χ4v) is 3.53. The van der Waals surface area contributed by atoms with Crippen LogP contribution in [0.3, 0.4) is 0 Å². The Bertz CT molecular complexity index is 1270. The van der Waals surface area contributed by atoms with E-state index in [0.29, 0.717) is 39.9 Å². The summed E-state index contributed by atoms with van der Waals surface area (Å²) in [6.07, 6.45) is 1.55. The van der Waals surface area contributed by atoms with Gasteiger partial charge in [0.2, 0.25) is 17.8 Å². The van der Waals surface area contributed by atoms with E-state index in [1.807, 2.05) is 60.7 Å². The van der Waals surface area contributed by atoms with Crippen molar-refractivity contribution in [2.45, 2.75) is 6.61 Å². The van der Waals surface area contributed by atoms with Crippen LogP contribution in [0.25, 0.3) is 0 Å². The normalized spacial score (nSPS) is 10.8. The number of nitrogens with one attached hydrogen (secondary N) is 3. The standard InChI is InChI=1S/C24H21Cl2N7O/c1-27-22-30-23(29-19-10-6-3-7-11-19)32-24(31-22)33-28-14-17-12-18(25)13-20(26)21(17)34-15-16-8-4-2-5-9-16/h2-14H,15H2,1H3,(H3,27,29,30,31,32,33)/b28-14-.